The molecule has 230 valence electrons. The molecule has 2 saturated carbocycles. The zero-order valence-corrected chi connectivity index (χ0v) is 24.1. The van der Waals surface area contributed by atoms with Gasteiger partial charge in [-0.15, -0.1) is 0 Å². The van der Waals surface area contributed by atoms with E-state index < -0.39 is 47.3 Å². The van der Waals surface area contributed by atoms with Crippen LogP contribution >= 0.6 is 0 Å². The van der Waals surface area contributed by atoms with Crippen LogP contribution < -0.4 is 15.4 Å². The van der Waals surface area contributed by atoms with Crippen LogP contribution in [-0.4, -0.2) is 36.0 Å². The number of aromatic carboxylic acids is 1. The van der Waals surface area contributed by atoms with Crippen LogP contribution in [0.2, 0.25) is 0 Å². The van der Waals surface area contributed by atoms with E-state index in [-0.39, 0.29) is 34.4 Å². The lowest BCUT2D eigenvalue weighted by Crippen LogP contribution is -2.48. The van der Waals surface area contributed by atoms with Gasteiger partial charge in [0.25, 0.3) is 5.91 Å². The minimum Gasteiger partial charge on any atom is -0.496 e. The van der Waals surface area contributed by atoms with E-state index in [2.05, 4.69) is 10.6 Å². The molecule has 7 nitrogen and oxygen atoms in total. The van der Waals surface area contributed by atoms with Gasteiger partial charge in [0.2, 0.25) is 5.91 Å². The summed E-state index contributed by atoms with van der Waals surface area (Å²) in [5.74, 6) is -4.45. The Hall–Kier alpha value is -4.67. The van der Waals surface area contributed by atoms with Crippen molar-refractivity contribution in [1.29, 1.82) is 0 Å². The number of carboxylic acid groups (broad SMARTS) is 1. The Morgan fingerprint density at radius 3 is 2.18 bits per heavy atom. The van der Waals surface area contributed by atoms with E-state index in [1.54, 1.807) is 30.3 Å². The lowest BCUT2D eigenvalue weighted by molar-refractivity contribution is -0.140. The SMILES string of the molecule is COc1ccc(-c2ccc(C(=O)O)cc2)cc1C(=O)N[C@@H]1C2CCC(C2=C(C)C)[C@@H]1C(=O)Nc1ccc(F)c(C(F)(F)F)c1. The maximum absolute atomic E-state index is 13.9. The first-order valence-corrected chi connectivity index (χ1v) is 14.0. The summed E-state index contributed by atoms with van der Waals surface area (Å²) in [5, 5.41) is 14.8. The van der Waals surface area contributed by atoms with E-state index in [0.717, 1.165) is 23.6 Å². The van der Waals surface area contributed by atoms with Gasteiger partial charge >= 0.3 is 12.1 Å². The fourth-order valence-corrected chi connectivity index (χ4v) is 6.61. The number of carbonyl (C=O) groups is 3. The highest BCUT2D eigenvalue weighted by Crippen LogP contribution is 2.54. The third-order valence-electron chi connectivity index (χ3n) is 8.47. The molecular formula is C33H30F4N2O5. The molecule has 0 aliphatic heterocycles. The van der Waals surface area contributed by atoms with E-state index >= 15 is 0 Å². The van der Waals surface area contributed by atoms with Crippen LogP contribution in [0.1, 0.15) is 53.0 Å². The van der Waals surface area contributed by atoms with Crippen molar-refractivity contribution in [3.8, 4) is 16.9 Å². The van der Waals surface area contributed by atoms with Crippen molar-refractivity contribution >= 4 is 23.5 Å². The van der Waals surface area contributed by atoms with Gasteiger partial charge in [-0.1, -0.05) is 29.3 Å². The molecule has 2 amide bonds. The molecule has 0 aromatic heterocycles. The molecule has 0 spiro atoms. The molecule has 2 bridgehead atoms. The van der Waals surface area contributed by atoms with E-state index in [0.29, 0.717) is 29.7 Å². The molecule has 4 atom stereocenters. The molecule has 2 fully saturated rings. The first-order valence-electron chi connectivity index (χ1n) is 14.0. The predicted molar refractivity (Wildman–Crippen MR) is 155 cm³/mol. The lowest BCUT2D eigenvalue weighted by atomic mass is 9.83. The summed E-state index contributed by atoms with van der Waals surface area (Å²) >= 11 is 0. The minimum atomic E-state index is -4.94. The van der Waals surface area contributed by atoms with Crippen molar-refractivity contribution in [3.05, 3.63) is 94.3 Å². The first-order chi connectivity index (χ1) is 20.8. The van der Waals surface area contributed by atoms with Gasteiger partial charge in [0.15, 0.2) is 0 Å². The maximum Gasteiger partial charge on any atom is 0.419 e. The average molecular weight is 611 g/mol. The van der Waals surface area contributed by atoms with Gasteiger partial charge in [-0.3, -0.25) is 9.59 Å². The zero-order chi connectivity index (χ0) is 31.9. The second-order valence-electron chi connectivity index (χ2n) is 11.2. The van der Waals surface area contributed by atoms with Crippen molar-refractivity contribution < 1.29 is 41.8 Å². The highest BCUT2D eigenvalue weighted by Gasteiger charge is 2.55. The summed E-state index contributed by atoms with van der Waals surface area (Å²) in [4.78, 5) is 38.7. The third-order valence-corrected chi connectivity index (χ3v) is 8.47. The van der Waals surface area contributed by atoms with Crippen LogP contribution in [0.3, 0.4) is 0 Å². The molecule has 3 aromatic rings. The molecule has 0 heterocycles. The maximum atomic E-state index is 13.9. The van der Waals surface area contributed by atoms with Crippen molar-refractivity contribution in [2.45, 2.75) is 38.9 Å². The van der Waals surface area contributed by atoms with Crippen molar-refractivity contribution in [2.24, 2.45) is 17.8 Å². The van der Waals surface area contributed by atoms with Crippen molar-refractivity contribution in [2.75, 3.05) is 12.4 Å². The Bertz CT molecular complexity index is 1660. The van der Waals surface area contributed by atoms with E-state index in [9.17, 15) is 37.1 Å². The van der Waals surface area contributed by atoms with E-state index in [1.165, 1.54) is 19.2 Å². The molecule has 2 unspecified atom stereocenters. The fraction of sp³-hybridized carbons (Fsp3) is 0.303. The number of hydrogen-bond acceptors (Lipinski definition) is 4. The second kappa shape index (κ2) is 11.8. The number of anilines is 1. The van der Waals surface area contributed by atoms with Crippen molar-refractivity contribution in [1.82, 2.24) is 5.32 Å². The number of hydrogen-bond donors (Lipinski definition) is 3. The summed E-state index contributed by atoms with van der Waals surface area (Å²) in [6.07, 6.45) is -3.53. The number of halogens is 4. The van der Waals surface area contributed by atoms with Gasteiger partial charge < -0.3 is 20.5 Å². The van der Waals surface area contributed by atoms with E-state index in [1.807, 2.05) is 13.8 Å². The summed E-state index contributed by atoms with van der Waals surface area (Å²) in [6.45, 7) is 3.86. The Balaban J connectivity index is 1.45. The number of fused-ring (bicyclic) bond motifs is 2. The van der Waals surface area contributed by atoms with Crippen LogP contribution in [0.15, 0.2) is 71.8 Å². The summed E-state index contributed by atoms with van der Waals surface area (Å²) in [7, 11) is 1.42. The topological polar surface area (TPSA) is 105 Å². The smallest absolute Gasteiger partial charge is 0.419 e. The van der Waals surface area contributed by atoms with Gasteiger partial charge in [0, 0.05) is 17.6 Å². The number of ether oxygens (including phenoxy) is 1. The number of carboxylic acids is 1. The number of rotatable bonds is 7. The molecule has 0 radical (unpaired) electrons. The molecular weight excluding hydrogens is 580 g/mol. The summed E-state index contributed by atoms with van der Waals surface area (Å²) < 4.78 is 59.2. The standard InChI is InChI=1S/C33H30F4N2O5/c1-16(2)27-21-10-11-22(27)29(28(21)31(41)38-20-9-12-25(34)24(15-20)33(35,36)37)39-30(40)23-14-19(8-13-26(23)44-3)17-4-6-18(7-5-17)32(42)43/h4-9,12-15,21-22,28-29H,10-11H2,1-3H3,(H,38,41)(H,39,40)(H,42,43)/t21?,22?,28-,29+/m0/s1. The highest BCUT2D eigenvalue weighted by molar-refractivity contribution is 6.00. The van der Waals surface area contributed by atoms with Gasteiger partial charge in [-0.05, 0) is 86.2 Å². The van der Waals surface area contributed by atoms with Gasteiger partial charge in [-0.25, -0.2) is 9.18 Å². The molecule has 44 heavy (non-hydrogen) atoms. The second-order valence-corrected chi connectivity index (χ2v) is 11.2. The Kier molecular flexibility index (Phi) is 8.24. The van der Waals surface area contributed by atoms with Crippen LogP contribution in [0.5, 0.6) is 5.75 Å². The molecule has 0 saturated heterocycles. The Labute approximate surface area is 250 Å². The number of allylic oxidation sites excluding steroid dienone is 1. The summed E-state index contributed by atoms with van der Waals surface area (Å²) in [6, 6.07) is 12.8. The number of alkyl halides is 3. The quantitative estimate of drug-likeness (QED) is 0.199. The minimum absolute atomic E-state index is 0.117. The largest absolute Gasteiger partial charge is 0.496 e. The monoisotopic (exact) mass is 610 g/mol. The number of methoxy groups -OCH3 is 1. The van der Waals surface area contributed by atoms with Crippen LogP contribution in [-0.2, 0) is 11.0 Å². The van der Waals surface area contributed by atoms with Gasteiger partial charge in [0.05, 0.1) is 29.7 Å². The predicted octanol–water partition coefficient (Wildman–Crippen LogP) is 6.95. The molecule has 3 aromatic carbocycles. The molecule has 2 aliphatic carbocycles. The van der Waals surface area contributed by atoms with Crippen LogP contribution in [0.25, 0.3) is 11.1 Å². The van der Waals surface area contributed by atoms with Crippen LogP contribution in [0.4, 0.5) is 23.2 Å². The molecule has 3 N–H and O–H groups in total. The first kappa shape index (κ1) is 30.8. The normalized spacial score (nSPS) is 20.8. The average Bonchev–Trinajstić information content (AvgIpc) is 3.54. The number of nitrogens with one attached hydrogen (secondary N) is 2. The van der Waals surface area contributed by atoms with Crippen molar-refractivity contribution in [3.63, 3.8) is 0 Å². The zero-order valence-electron chi connectivity index (χ0n) is 24.1. The Morgan fingerprint density at radius 1 is 0.909 bits per heavy atom. The van der Waals surface area contributed by atoms with Crippen LogP contribution in [0, 0.1) is 23.6 Å². The number of carbonyl (C=O) groups excluding carboxylic acids is 2. The summed E-state index contributed by atoms with van der Waals surface area (Å²) in [5.41, 5.74) is 2.00. The molecule has 11 heteroatoms. The van der Waals surface area contributed by atoms with E-state index in [4.69, 9.17) is 4.74 Å². The lowest BCUT2D eigenvalue weighted by Gasteiger charge is -2.30. The Morgan fingerprint density at radius 2 is 1.57 bits per heavy atom. The number of benzene rings is 3. The highest BCUT2D eigenvalue weighted by atomic mass is 19.4. The third kappa shape index (κ3) is 5.78. The number of amides is 2. The van der Waals surface area contributed by atoms with Gasteiger partial charge in [0.1, 0.15) is 11.6 Å². The van der Waals surface area contributed by atoms with Gasteiger partial charge in [-0.2, -0.15) is 13.2 Å². The molecule has 5 rings (SSSR count). The fourth-order valence-electron chi connectivity index (χ4n) is 6.61. The molecule has 2 aliphatic rings.